The average Bonchev–Trinajstić information content (AvgIpc) is 2.30. The van der Waals surface area contributed by atoms with E-state index >= 15 is 0 Å². The third-order valence-corrected chi connectivity index (χ3v) is 3.14. The summed E-state index contributed by atoms with van der Waals surface area (Å²) in [6.07, 6.45) is 6.14. The van der Waals surface area contributed by atoms with E-state index in [0.717, 1.165) is 12.8 Å². The summed E-state index contributed by atoms with van der Waals surface area (Å²) >= 11 is 0. The molecule has 0 radical (unpaired) electrons. The smallest absolute Gasteiger partial charge is 0.320 e. The molecule has 1 aliphatic carbocycles. The van der Waals surface area contributed by atoms with Crippen LogP contribution in [0.25, 0.3) is 0 Å². The van der Waals surface area contributed by atoms with Crippen molar-refractivity contribution in [2.45, 2.75) is 57.5 Å². The molecule has 98 valence electrons. The fourth-order valence-electron chi connectivity index (χ4n) is 2.04. The van der Waals surface area contributed by atoms with E-state index < -0.39 is 12.0 Å². The summed E-state index contributed by atoms with van der Waals surface area (Å²) in [6, 6.07) is -0.273. The molecule has 5 heteroatoms. The first-order valence-corrected chi connectivity index (χ1v) is 6.35. The lowest BCUT2D eigenvalue weighted by atomic mass is 9.95. The van der Waals surface area contributed by atoms with Crippen LogP contribution in [-0.4, -0.2) is 35.6 Å². The first-order chi connectivity index (χ1) is 8.09. The van der Waals surface area contributed by atoms with Crippen LogP contribution in [0.15, 0.2) is 0 Å². The van der Waals surface area contributed by atoms with Crippen LogP contribution >= 0.6 is 0 Å². The number of aliphatic carboxylic acids is 1. The van der Waals surface area contributed by atoms with Gasteiger partial charge in [0, 0.05) is 19.0 Å². The quantitative estimate of drug-likeness (QED) is 0.646. The highest BCUT2D eigenvalue weighted by Gasteiger charge is 2.16. The zero-order valence-corrected chi connectivity index (χ0v) is 10.4. The largest absolute Gasteiger partial charge is 0.480 e. The van der Waals surface area contributed by atoms with Crippen molar-refractivity contribution in [2.75, 3.05) is 6.54 Å². The summed E-state index contributed by atoms with van der Waals surface area (Å²) in [5, 5.41) is 14.4. The Morgan fingerprint density at radius 2 is 1.94 bits per heavy atom. The minimum atomic E-state index is -0.891. The van der Waals surface area contributed by atoms with Crippen LogP contribution in [-0.2, 0) is 9.59 Å². The highest BCUT2D eigenvalue weighted by molar-refractivity contribution is 5.76. The Balaban J connectivity index is 2.10. The second kappa shape index (κ2) is 7.27. The molecular formula is C12H22N2O3. The molecule has 1 unspecified atom stereocenters. The third-order valence-electron chi connectivity index (χ3n) is 3.14. The SMILES string of the molecule is CC(NCCC(=O)NC1CCCCC1)C(=O)O. The zero-order valence-electron chi connectivity index (χ0n) is 10.4. The maximum atomic E-state index is 11.6. The fourth-order valence-corrected chi connectivity index (χ4v) is 2.04. The van der Waals surface area contributed by atoms with Gasteiger partial charge in [0.2, 0.25) is 5.91 Å². The average molecular weight is 242 g/mol. The van der Waals surface area contributed by atoms with Crippen molar-refractivity contribution < 1.29 is 14.7 Å². The van der Waals surface area contributed by atoms with Gasteiger partial charge in [-0.1, -0.05) is 19.3 Å². The third kappa shape index (κ3) is 5.68. The van der Waals surface area contributed by atoms with Gasteiger partial charge in [0.05, 0.1) is 0 Å². The molecular weight excluding hydrogens is 220 g/mol. The van der Waals surface area contributed by atoms with Crippen molar-refractivity contribution in [1.82, 2.24) is 10.6 Å². The number of carbonyl (C=O) groups excluding carboxylic acids is 1. The molecule has 0 heterocycles. The molecule has 1 saturated carbocycles. The molecule has 0 spiro atoms. The molecule has 1 rings (SSSR count). The maximum absolute atomic E-state index is 11.6. The van der Waals surface area contributed by atoms with Gasteiger partial charge in [-0.25, -0.2) is 0 Å². The molecule has 0 saturated heterocycles. The summed E-state index contributed by atoms with van der Waals surface area (Å²) in [5.41, 5.74) is 0. The van der Waals surface area contributed by atoms with E-state index in [2.05, 4.69) is 10.6 Å². The van der Waals surface area contributed by atoms with E-state index in [1.54, 1.807) is 6.92 Å². The monoisotopic (exact) mass is 242 g/mol. The van der Waals surface area contributed by atoms with Crippen molar-refractivity contribution >= 4 is 11.9 Å². The Morgan fingerprint density at radius 1 is 1.29 bits per heavy atom. The lowest BCUT2D eigenvalue weighted by Gasteiger charge is -2.22. The second-order valence-electron chi connectivity index (χ2n) is 4.67. The molecule has 0 aromatic heterocycles. The van der Waals surface area contributed by atoms with Crippen molar-refractivity contribution in [3.8, 4) is 0 Å². The molecule has 1 atom stereocenters. The van der Waals surface area contributed by atoms with Gasteiger partial charge < -0.3 is 15.7 Å². The number of rotatable bonds is 6. The van der Waals surface area contributed by atoms with Gasteiger partial charge in [0.1, 0.15) is 6.04 Å². The Hall–Kier alpha value is -1.10. The number of amides is 1. The van der Waals surface area contributed by atoms with Crippen LogP contribution in [0.1, 0.15) is 45.4 Å². The van der Waals surface area contributed by atoms with E-state index in [1.165, 1.54) is 19.3 Å². The van der Waals surface area contributed by atoms with Crippen molar-refractivity contribution in [3.63, 3.8) is 0 Å². The van der Waals surface area contributed by atoms with Crippen LogP contribution in [0.5, 0.6) is 0 Å². The minimum absolute atomic E-state index is 0.0157. The molecule has 0 bridgehead atoms. The van der Waals surface area contributed by atoms with Gasteiger partial charge >= 0.3 is 5.97 Å². The Bertz CT molecular complexity index is 262. The first-order valence-electron chi connectivity index (χ1n) is 6.35. The lowest BCUT2D eigenvalue weighted by molar-refractivity contribution is -0.139. The molecule has 0 aliphatic heterocycles. The van der Waals surface area contributed by atoms with Gasteiger partial charge in [-0.3, -0.25) is 9.59 Å². The zero-order chi connectivity index (χ0) is 12.7. The van der Waals surface area contributed by atoms with E-state index in [-0.39, 0.29) is 5.91 Å². The molecule has 0 aromatic rings. The molecule has 1 aliphatic rings. The minimum Gasteiger partial charge on any atom is -0.480 e. The Morgan fingerprint density at radius 3 is 2.53 bits per heavy atom. The summed E-state index contributed by atoms with van der Waals surface area (Å²) in [5.74, 6) is -0.875. The molecule has 0 aromatic carbocycles. The predicted molar refractivity (Wildman–Crippen MR) is 64.7 cm³/mol. The second-order valence-corrected chi connectivity index (χ2v) is 4.67. The number of hydrogen-bond donors (Lipinski definition) is 3. The summed E-state index contributed by atoms with van der Waals surface area (Å²) in [4.78, 5) is 22.1. The van der Waals surface area contributed by atoms with Crippen molar-refractivity contribution in [1.29, 1.82) is 0 Å². The van der Waals surface area contributed by atoms with Crippen LogP contribution in [0.2, 0.25) is 0 Å². The molecule has 1 amide bonds. The Kier molecular flexibility index (Phi) is 5.97. The lowest BCUT2D eigenvalue weighted by Crippen LogP contribution is -2.40. The van der Waals surface area contributed by atoms with Crippen LogP contribution in [0.4, 0.5) is 0 Å². The summed E-state index contributed by atoms with van der Waals surface area (Å²) < 4.78 is 0. The first kappa shape index (κ1) is 14.0. The van der Waals surface area contributed by atoms with Gasteiger partial charge in [0.15, 0.2) is 0 Å². The number of hydrogen-bond acceptors (Lipinski definition) is 3. The normalized spacial score (nSPS) is 18.6. The van der Waals surface area contributed by atoms with E-state index in [1.807, 2.05) is 0 Å². The topological polar surface area (TPSA) is 78.4 Å². The van der Waals surface area contributed by atoms with Gasteiger partial charge in [-0.2, -0.15) is 0 Å². The van der Waals surface area contributed by atoms with Crippen molar-refractivity contribution in [3.05, 3.63) is 0 Å². The van der Waals surface area contributed by atoms with Crippen LogP contribution in [0.3, 0.4) is 0 Å². The number of nitrogens with one attached hydrogen (secondary N) is 2. The van der Waals surface area contributed by atoms with Gasteiger partial charge in [-0.15, -0.1) is 0 Å². The van der Waals surface area contributed by atoms with E-state index in [4.69, 9.17) is 5.11 Å². The molecule has 3 N–H and O–H groups in total. The van der Waals surface area contributed by atoms with E-state index in [0.29, 0.717) is 19.0 Å². The molecule has 5 nitrogen and oxygen atoms in total. The van der Waals surface area contributed by atoms with Gasteiger partial charge in [-0.05, 0) is 19.8 Å². The molecule has 17 heavy (non-hydrogen) atoms. The van der Waals surface area contributed by atoms with Crippen molar-refractivity contribution in [2.24, 2.45) is 0 Å². The van der Waals surface area contributed by atoms with Crippen LogP contribution in [0, 0.1) is 0 Å². The van der Waals surface area contributed by atoms with E-state index in [9.17, 15) is 9.59 Å². The number of carboxylic acids is 1. The Labute approximate surface area is 102 Å². The highest BCUT2D eigenvalue weighted by Crippen LogP contribution is 2.17. The summed E-state index contributed by atoms with van der Waals surface area (Å²) in [6.45, 7) is 1.98. The predicted octanol–water partition coefficient (Wildman–Crippen LogP) is 0.888. The van der Waals surface area contributed by atoms with Gasteiger partial charge in [0.25, 0.3) is 0 Å². The standard InChI is InChI=1S/C12H22N2O3/c1-9(12(16)17)13-8-7-11(15)14-10-5-3-2-4-6-10/h9-10,13H,2-8H2,1H3,(H,14,15)(H,16,17). The highest BCUT2D eigenvalue weighted by atomic mass is 16.4. The number of carboxylic acid groups (broad SMARTS) is 1. The summed E-state index contributed by atoms with van der Waals surface area (Å²) in [7, 11) is 0. The van der Waals surface area contributed by atoms with Crippen LogP contribution < -0.4 is 10.6 Å². The number of carbonyl (C=O) groups is 2. The maximum Gasteiger partial charge on any atom is 0.320 e. The fraction of sp³-hybridized carbons (Fsp3) is 0.833. The molecule has 1 fully saturated rings.